The van der Waals surface area contributed by atoms with Crippen LogP contribution < -0.4 is 5.32 Å². The molecule has 0 aromatic carbocycles. The van der Waals surface area contributed by atoms with E-state index < -0.39 is 4.92 Å². The number of pyridine rings is 1. The van der Waals surface area contributed by atoms with E-state index in [1.165, 1.54) is 12.3 Å². The molecule has 1 aliphatic rings. The van der Waals surface area contributed by atoms with Gasteiger partial charge in [-0.05, 0) is 6.07 Å². The number of nitrogens with zero attached hydrogens (tertiary/aromatic N) is 2. The van der Waals surface area contributed by atoms with Gasteiger partial charge in [0, 0.05) is 32.7 Å². The van der Waals surface area contributed by atoms with Crippen molar-refractivity contribution in [3.63, 3.8) is 0 Å². The Morgan fingerprint density at radius 2 is 2.50 bits per heavy atom. The Morgan fingerprint density at radius 3 is 3.00 bits per heavy atom. The predicted molar refractivity (Wildman–Crippen MR) is 64.6 cm³/mol. The number of nitrogens with one attached hydrogen (secondary N) is 1. The Labute approximate surface area is 104 Å². The molecule has 1 aliphatic heterocycles. The highest BCUT2D eigenvalue weighted by Crippen LogP contribution is 2.23. The minimum absolute atomic E-state index is 0.0220. The molecule has 98 valence electrons. The van der Waals surface area contributed by atoms with E-state index in [4.69, 9.17) is 9.47 Å². The van der Waals surface area contributed by atoms with Crippen LogP contribution in [0.2, 0.25) is 0 Å². The van der Waals surface area contributed by atoms with Gasteiger partial charge in [0.15, 0.2) is 0 Å². The van der Waals surface area contributed by atoms with Gasteiger partial charge in [-0.1, -0.05) is 0 Å². The van der Waals surface area contributed by atoms with Gasteiger partial charge in [0.2, 0.25) is 0 Å². The number of hydrogen-bond donors (Lipinski definition) is 1. The summed E-state index contributed by atoms with van der Waals surface area (Å²) in [4.78, 5) is 14.0. The Balaban J connectivity index is 1.95. The summed E-state index contributed by atoms with van der Waals surface area (Å²) in [6.45, 7) is 1.79. The third kappa shape index (κ3) is 2.74. The van der Waals surface area contributed by atoms with E-state index in [9.17, 15) is 10.1 Å². The normalized spacial score (nSPS) is 22.9. The van der Waals surface area contributed by atoms with E-state index in [0.29, 0.717) is 25.6 Å². The molecule has 0 radical (unpaired) electrons. The Hall–Kier alpha value is -1.73. The van der Waals surface area contributed by atoms with Gasteiger partial charge in [-0.15, -0.1) is 0 Å². The second kappa shape index (κ2) is 5.28. The minimum Gasteiger partial charge on any atom is -0.378 e. The Bertz CT molecular complexity index is 415. The average molecular weight is 253 g/mol. The Morgan fingerprint density at radius 1 is 1.67 bits per heavy atom. The lowest BCUT2D eigenvalue weighted by Crippen LogP contribution is -2.39. The minimum atomic E-state index is -0.474. The second-order valence-corrected chi connectivity index (χ2v) is 4.20. The first-order valence-electron chi connectivity index (χ1n) is 5.62. The van der Waals surface area contributed by atoms with Crippen LogP contribution in [0.1, 0.15) is 6.42 Å². The van der Waals surface area contributed by atoms with Gasteiger partial charge >= 0.3 is 0 Å². The first-order valence-corrected chi connectivity index (χ1v) is 5.62. The lowest BCUT2D eigenvalue weighted by molar-refractivity contribution is -0.385. The Kier molecular flexibility index (Phi) is 3.73. The zero-order valence-electron chi connectivity index (χ0n) is 10.1. The molecule has 0 amide bonds. The molecule has 1 unspecified atom stereocenters. The van der Waals surface area contributed by atoms with E-state index in [1.54, 1.807) is 13.2 Å². The maximum absolute atomic E-state index is 10.5. The van der Waals surface area contributed by atoms with Crippen LogP contribution in [0.25, 0.3) is 0 Å². The molecule has 18 heavy (non-hydrogen) atoms. The predicted octanol–water partition coefficient (Wildman–Crippen LogP) is 1.21. The third-order valence-electron chi connectivity index (χ3n) is 3.05. The topological polar surface area (TPSA) is 86.5 Å². The summed E-state index contributed by atoms with van der Waals surface area (Å²) < 4.78 is 10.8. The molecule has 2 rings (SSSR count). The van der Waals surface area contributed by atoms with Crippen molar-refractivity contribution in [3.05, 3.63) is 28.4 Å². The first-order chi connectivity index (χ1) is 8.65. The number of anilines is 1. The summed E-state index contributed by atoms with van der Waals surface area (Å²) in [5, 5.41) is 13.6. The monoisotopic (exact) mass is 253 g/mol. The maximum atomic E-state index is 10.5. The number of methoxy groups -OCH3 is 1. The third-order valence-corrected chi connectivity index (χ3v) is 3.05. The van der Waals surface area contributed by atoms with Gasteiger partial charge in [0.1, 0.15) is 17.6 Å². The lowest BCUT2D eigenvalue weighted by atomic mass is 10.0. The molecule has 1 aromatic heterocycles. The van der Waals surface area contributed by atoms with Gasteiger partial charge in [0.25, 0.3) is 5.69 Å². The summed E-state index contributed by atoms with van der Waals surface area (Å²) in [5.41, 5.74) is -0.352. The molecule has 0 saturated carbocycles. The van der Waals surface area contributed by atoms with E-state index in [0.717, 1.165) is 6.42 Å². The molecule has 0 bridgehead atoms. The highest BCUT2D eigenvalue weighted by Gasteiger charge is 2.34. The average Bonchev–Trinajstić information content (AvgIpc) is 2.86. The molecule has 1 fully saturated rings. The zero-order valence-corrected chi connectivity index (χ0v) is 10.1. The lowest BCUT2D eigenvalue weighted by Gasteiger charge is -2.26. The van der Waals surface area contributed by atoms with Crippen molar-refractivity contribution in [2.75, 3.05) is 32.2 Å². The van der Waals surface area contributed by atoms with Crippen molar-refractivity contribution >= 4 is 11.5 Å². The molecular weight excluding hydrogens is 238 g/mol. The van der Waals surface area contributed by atoms with Crippen LogP contribution in [-0.2, 0) is 9.47 Å². The molecule has 2 heterocycles. The van der Waals surface area contributed by atoms with Crippen molar-refractivity contribution < 1.29 is 14.4 Å². The fourth-order valence-corrected chi connectivity index (χ4v) is 1.81. The van der Waals surface area contributed by atoms with Gasteiger partial charge in [-0.2, -0.15) is 0 Å². The van der Waals surface area contributed by atoms with E-state index in [1.807, 2.05) is 0 Å². The van der Waals surface area contributed by atoms with Crippen molar-refractivity contribution in [2.45, 2.75) is 12.0 Å². The van der Waals surface area contributed by atoms with Gasteiger partial charge < -0.3 is 14.8 Å². The second-order valence-electron chi connectivity index (χ2n) is 4.20. The van der Waals surface area contributed by atoms with Crippen LogP contribution >= 0.6 is 0 Å². The summed E-state index contributed by atoms with van der Waals surface area (Å²) >= 11 is 0. The largest absolute Gasteiger partial charge is 0.378 e. The summed E-state index contributed by atoms with van der Waals surface area (Å²) in [5.74, 6) is 0.587. The molecule has 1 saturated heterocycles. The summed E-state index contributed by atoms with van der Waals surface area (Å²) in [6, 6.07) is 3.00. The standard InChI is InChI=1S/C11H15N3O4/c1-17-11(4-5-18-8-11)7-13-10-3-2-9(6-12-10)14(15)16/h2-3,6H,4-5,7-8H2,1H3,(H,12,13). The number of rotatable bonds is 5. The molecule has 0 aliphatic carbocycles. The number of nitro groups is 1. The molecule has 0 spiro atoms. The fraction of sp³-hybridized carbons (Fsp3) is 0.545. The van der Waals surface area contributed by atoms with Crippen LogP contribution in [-0.4, -0.2) is 42.4 Å². The van der Waals surface area contributed by atoms with Crippen LogP contribution in [0, 0.1) is 10.1 Å². The van der Waals surface area contributed by atoms with Crippen LogP contribution in [0.4, 0.5) is 11.5 Å². The van der Waals surface area contributed by atoms with Gasteiger partial charge in [0.05, 0.1) is 11.5 Å². The van der Waals surface area contributed by atoms with Crippen LogP contribution in [0.15, 0.2) is 18.3 Å². The van der Waals surface area contributed by atoms with Crippen molar-refractivity contribution in [1.82, 2.24) is 4.98 Å². The van der Waals surface area contributed by atoms with Crippen LogP contribution in [0.5, 0.6) is 0 Å². The molecule has 1 aromatic rings. The summed E-state index contributed by atoms with van der Waals surface area (Å²) in [6.07, 6.45) is 2.05. The van der Waals surface area contributed by atoms with Gasteiger partial charge in [-0.25, -0.2) is 4.98 Å². The molecule has 7 nitrogen and oxygen atoms in total. The SMILES string of the molecule is COC1(CNc2ccc([N+](=O)[O-])cn2)CCOC1. The van der Waals surface area contributed by atoms with Gasteiger partial charge in [-0.3, -0.25) is 10.1 Å². The van der Waals surface area contributed by atoms with E-state index in [-0.39, 0.29) is 11.3 Å². The summed E-state index contributed by atoms with van der Waals surface area (Å²) in [7, 11) is 1.65. The highest BCUT2D eigenvalue weighted by atomic mass is 16.6. The van der Waals surface area contributed by atoms with E-state index in [2.05, 4.69) is 10.3 Å². The van der Waals surface area contributed by atoms with Crippen molar-refractivity contribution in [1.29, 1.82) is 0 Å². The fourth-order valence-electron chi connectivity index (χ4n) is 1.81. The van der Waals surface area contributed by atoms with Crippen molar-refractivity contribution in [2.24, 2.45) is 0 Å². The number of aromatic nitrogens is 1. The highest BCUT2D eigenvalue weighted by molar-refractivity contribution is 5.40. The first kappa shape index (κ1) is 12.7. The molecular formula is C11H15N3O4. The number of ether oxygens (including phenoxy) is 2. The smallest absolute Gasteiger partial charge is 0.287 e. The molecule has 1 N–H and O–H groups in total. The molecule has 1 atom stereocenters. The quantitative estimate of drug-likeness (QED) is 0.627. The van der Waals surface area contributed by atoms with E-state index >= 15 is 0 Å². The maximum Gasteiger partial charge on any atom is 0.287 e. The molecule has 7 heteroatoms. The number of hydrogen-bond acceptors (Lipinski definition) is 6. The van der Waals surface area contributed by atoms with Crippen molar-refractivity contribution in [3.8, 4) is 0 Å². The zero-order chi connectivity index (χ0) is 13.0. The van der Waals surface area contributed by atoms with Crippen LogP contribution in [0.3, 0.4) is 0 Å².